The lowest BCUT2D eigenvalue weighted by atomic mass is 10.1. The first kappa shape index (κ1) is 12.9. The molecule has 1 aromatic heterocycles. The molecule has 0 fully saturated rings. The number of nitrogens with zero attached hydrogens (tertiary/aromatic N) is 3. The summed E-state index contributed by atoms with van der Waals surface area (Å²) in [6.45, 7) is 0. The monoisotopic (exact) mass is 332 g/mol. The molecule has 0 bridgehead atoms. The lowest BCUT2D eigenvalue weighted by Crippen LogP contribution is -1.97. The number of nitrogens with one attached hydrogen (secondary N) is 1. The fourth-order valence-corrected chi connectivity index (χ4v) is 2.65. The fourth-order valence-electron chi connectivity index (χ4n) is 2.18. The van der Waals surface area contributed by atoms with E-state index in [9.17, 15) is 5.11 Å². The van der Waals surface area contributed by atoms with Crippen LogP contribution in [0.25, 0.3) is 11.6 Å². The van der Waals surface area contributed by atoms with Gasteiger partial charge in [-0.3, -0.25) is 9.56 Å². The van der Waals surface area contributed by atoms with E-state index in [2.05, 4.69) is 31.2 Å². The van der Waals surface area contributed by atoms with E-state index >= 15 is 0 Å². The molecule has 2 aromatic rings. The molecule has 1 aliphatic heterocycles. The van der Waals surface area contributed by atoms with Gasteiger partial charge in [0.25, 0.3) is 0 Å². The van der Waals surface area contributed by atoms with Crippen LogP contribution in [-0.2, 0) is 7.05 Å². The van der Waals surface area contributed by atoms with Gasteiger partial charge in [0.2, 0.25) is 11.8 Å². The third-order valence-corrected chi connectivity index (χ3v) is 3.88. The Kier molecular flexibility index (Phi) is 3.10. The van der Waals surface area contributed by atoms with Crippen LogP contribution in [0.2, 0.25) is 0 Å². The summed E-state index contributed by atoms with van der Waals surface area (Å²) >= 11 is 3.48. The summed E-state index contributed by atoms with van der Waals surface area (Å²) in [4.78, 5) is 8.72. The molecule has 0 amide bonds. The SMILES string of the molecule is CNc1nc(C=C2C=Nc3c(Br)cccc32)c(O)n1C. The number of fused-ring (bicyclic) bond motifs is 1. The number of aromatic nitrogens is 2. The second-order valence-electron chi connectivity index (χ2n) is 4.45. The van der Waals surface area contributed by atoms with Crippen LogP contribution in [0, 0.1) is 0 Å². The molecule has 0 spiro atoms. The first-order chi connectivity index (χ1) is 9.61. The van der Waals surface area contributed by atoms with Crippen molar-refractivity contribution in [2.24, 2.45) is 12.0 Å². The van der Waals surface area contributed by atoms with Crippen LogP contribution >= 0.6 is 15.9 Å². The Morgan fingerprint density at radius 3 is 2.90 bits per heavy atom. The first-order valence-electron chi connectivity index (χ1n) is 6.10. The van der Waals surface area contributed by atoms with Crippen LogP contribution in [0.4, 0.5) is 11.6 Å². The van der Waals surface area contributed by atoms with E-state index in [1.807, 2.05) is 24.3 Å². The molecule has 1 aromatic carbocycles. The van der Waals surface area contributed by atoms with Crippen LogP contribution in [0.3, 0.4) is 0 Å². The van der Waals surface area contributed by atoms with Crippen molar-refractivity contribution in [3.05, 3.63) is 33.9 Å². The molecular weight excluding hydrogens is 320 g/mol. The third-order valence-electron chi connectivity index (χ3n) is 3.24. The van der Waals surface area contributed by atoms with E-state index in [4.69, 9.17) is 0 Å². The number of imidazole rings is 1. The third kappa shape index (κ3) is 1.92. The normalized spacial score (nSPS) is 14.8. The predicted molar refractivity (Wildman–Crippen MR) is 84.6 cm³/mol. The second-order valence-corrected chi connectivity index (χ2v) is 5.30. The van der Waals surface area contributed by atoms with Crippen molar-refractivity contribution in [3.8, 4) is 5.88 Å². The van der Waals surface area contributed by atoms with Gasteiger partial charge in [-0.1, -0.05) is 12.1 Å². The highest BCUT2D eigenvalue weighted by Gasteiger charge is 2.17. The summed E-state index contributed by atoms with van der Waals surface area (Å²) in [6.07, 6.45) is 3.61. The van der Waals surface area contributed by atoms with Crippen molar-refractivity contribution in [2.75, 3.05) is 12.4 Å². The summed E-state index contributed by atoms with van der Waals surface area (Å²) in [5, 5.41) is 13.0. The number of allylic oxidation sites excluding steroid dienone is 1. The number of rotatable bonds is 2. The maximum absolute atomic E-state index is 10.1. The molecule has 6 heteroatoms. The zero-order valence-electron chi connectivity index (χ0n) is 11.1. The minimum Gasteiger partial charge on any atom is -0.493 e. The van der Waals surface area contributed by atoms with Crippen molar-refractivity contribution in [2.45, 2.75) is 0 Å². The molecule has 3 rings (SSSR count). The van der Waals surface area contributed by atoms with Gasteiger partial charge in [-0.25, -0.2) is 4.98 Å². The highest BCUT2D eigenvalue weighted by atomic mass is 79.9. The zero-order chi connectivity index (χ0) is 14.3. The standard InChI is InChI=1S/C14H13BrN4O/c1-16-14-18-11(13(20)19(14)2)6-8-7-17-12-9(8)4-3-5-10(12)15/h3-7,20H,1-2H3,(H,16,18). The molecule has 5 nitrogen and oxygen atoms in total. The average molecular weight is 333 g/mol. The topological polar surface area (TPSA) is 62.4 Å². The molecule has 2 N–H and O–H groups in total. The molecule has 0 saturated heterocycles. The van der Waals surface area contributed by atoms with Crippen LogP contribution in [0.1, 0.15) is 11.3 Å². The van der Waals surface area contributed by atoms with Gasteiger partial charge in [0.1, 0.15) is 5.69 Å². The zero-order valence-corrected chi connectivity index (χ0v) is 12.6. The summed E-state index contributed by atoms with van der Waals surface area (Å²) < 4.78 is 2.55. The number of hydrogen-bond donors (Lipinski definition) is 2. The van der Waals surface area contributed by atoms with Crippen LogP contribution in [-0.4, -0.2) is 27.9 Å². The van der Waals surface area contributed by atoms with Crippen molar-refractivity contribution in [1.82, 2.24) is 9.55 Å². The highest BCUT2D eigenvalue weighted by Crippen LogP contribution is 2.38. The van der Waals surface area contributed by atoms with Crippen molar-refractivity contribution >= 4 is 45.4 Å². The van der Waals surface area contributed by atoms with Crippen LogP contribution < -0.4 is 5.32 Å². The molecule has 0 unspecified atom stereocenters. The van der Waals surface area contributed by atoms with E-state index in [1.165, 1.54) is 0 Å². The number of hydrogen-bond acceptors (Lipinski definition) is 4. The van der Waals surface area contributed by atoms with E-state index in [-0.39, 0.29) is 5.88 Å². The Morgan fingerprint density at radius 1 is 1.40 bits per heavy atom. The summed E-state index contributed by atoms with van der Waals surface area (Å²) in [5.41, 5.74) is 3.38. The van der Waals surface area contributed by atoms with E-state index in [0.717, 1.165) is 21.3 Å². The lowest BCUT2D eigenvalue weighted by Gasteiger charge is -2.00. The Hall–Kier alpha value is -2.08. The minimum absolute atomic E-state index is 0.124. The fraction of sp³-hybridized carbons (Fsp3) is 0.143. The van der Waals surface area contributed by atoms with Gasteiger partial charge in [0, 0.05) is 35.9 Å². The van der Waals surface area contributed by atoms with Crippen molar-refractivity contribution < 1.29 is 5.11 Å². The molecule has 20 heavy (non-hydrogen) atoms. The van der Waals surface area contributed by atoms with Crippen molar-refractivity contribution in [1.29, 1.82) is 0 Å². The van der Waals surface area contributed by atoms with Gasteiger partial charge in [0.15, 0.2) is 0 Å². The Bertz CT molecular complexity index is 746. The lowest BCUT2D eigenvalue weighted by molar-refractivity contribution is 0.432. The van der Waals surface area contributed by atoms with Gasteiger partial charge < -0.3 is 10.4 Å². The molecule has 2 heterocycles. The Balaban J connectivity index is 2.09. The number of para-hydroxylation sites is 1. The van der Waals surface area contributed by atoms with Crippen LogP contribution in [0.5, 0.6) is 5.88 Å². The molecular formula is C14H13BrN4O. The first-order valence-corrected chi connectivity index (χ1v) is 6.89. The van der Waals surface area contributed by atoms with E-state index in [1.54, 1.807) is 24.9 Å². The Labute approximate surface area is 124 Å². The van der Waals surface area contributed by atoms with Crippen LogP contribution in [0.15, 0.2) is 27.7 Å². The maximum Gasteiger partial charge on any atom is 0.220 e. The number of aliphatic imine (C=N–C) groups is 1. The number of halogens is 1. The van der Waals surface area contributed by atoms with E-state index < -0.39 is 0 Å². The number of aromatic hydroxyl groups is 1. The molecule has 0 aliphatic carbocycles. The summed E-state index contributed by atoms with van der Waals surface area (Å²) in [6, 6.07) is 5.91. The van der Waals surface area contributed by atoms with Gasteiger partial charge >= 0.3 is 0 Å². The van der Waals surface area contributed by atoms with Gasteiger partial charge in [-0.2, -0.15) is 0 Å². The molecule has 0 saturated carbocycles. The summed E-state index contributed by atoms with van der Waals surface area (Å²) in [7, 11) is 3.52. The smallest absolute Gasteiger partial charge is 0.220 e. The largest absolute Gasteiger partial charge is 0.493 e. The van der Waals surface area contributed by atoms with Gasteiger partial charge in [-0.15, -0.1) is 0 Å². The maximum atomic E-state index is 10.1. The Morgan fingerprint density at radius 2 is 2.20 bits per heavy atom. The van der Waals surface area contributed by atoms with Gasteiger partial charge in [0.05, 0.1) is 5.69 Å². The quantitative estimate of drug-likeness (QED) is 0.887. The van der Waals surface area contributed by atoms with Gasteiger partial charge in [-0.05, 0) is 28.1 Å². The number of benzene rings is 1. The highest BCUT2D eigenvalue weighted by molar-refractivity contribution is 9.10. The predicted octanol–water partition coefficient (Wildman–Crippen LogP) is 3.19. The molecule has 0 atom stereocenters. The van der Waals surface area contributed by atoms with E-state index in [0.29, 0.717) is 11.6 Å². The molecule has 102 valence electrons. The minimum atomic E-state index is 0.124. The second kappa shape index (κ2) is 4.79. The summed E-state index contributed by atoms with van der Waals surface area (Å²) in [5.74, 6) is 0.734. The average Bonchev–Trinajstić information content (AvgIpc) is 2.97. The molecule has 0 radical (unpaired) electrons. The molecule has 1 aliphatic rings. The van der Waals surface area contributed by atoms with Crippen molar-refractivity contribution in [3.63, 3.8) is 0 Å². The number of anilines is 1.